The van der Waals surface area contributed by atoms with Crippen molar-refractivity contribution in [1.82, 2.24) is 4.90 Å². The maximum Gasteiger partial charge on any atom is 0.238 e. The second kappa shape index (κ2) is 7.36. The highest BCUT2D eigenvalue weighted by Crippen LogP contribution is 2.37. The van der Waals surface area contributed by atoms with Crippen LogP contribution in [0.25, 0.3) is 0 Å². The summed E-state index contributed by atoms with van der Waals surface area (Å²) in [7, 11) is 1.70. The fraction of sp³-hybridized carbons (Fsp3) is 0.529. The number of likely N-dealkylation sites (tertiary alicyclic amines) is 1. The van der Waals surface area contributed by atoms with Crippen molar-refractivity contribution < 1.29 is 14.3 Å². The minimum absolute atomic E-state index is 0.0674. The van der Waals surface area contributed by atoms with E-state index < -0.39 is 0 Å². The summed E-state index contributed by atoms with van der Waals surface area (Å²) < 4.78 is 5.21. The highest BCUT2D eigenvalue weighted by molar-refractivity contribution is 8.01. The molecule has 0 spiro atoms. The van der Waals surface area contributed by atoms with Crippen molar-refractivity contribution >= 4 is 29.3 Å². The fourth-order valence-corrected chi connectivity index (χ4v) is 4.28. The molecule has 23 heavy (non-hydrogen) atoms. The molecule has 1 aromatic rings. The van der Waals surface area contributed by atoms with Gasteiger partial charge in [0.2, 0.25) is 11.8 Å². The van der Waals surface area contributed by atoms with Crippen molar-refractivity contribution in [3.63, 3.8) is 0 Å². The predicted octanol–water partition coefficient (Wildman–Crippen LogP) is 2.37. The van der Waals surface area contributed by atoms with Crippen molar-refractivity contribution in [2.45, 2.75) is 29.4 Å². The minimum Gasteiger partial charge on any atom is -0.384 e. The van der Waals surface area contributed by atoms with E-state index in [9.17, 15) is 9.59 Å². The lowest BCUT2D eigenvalue weighted by Gasteiger charge is -2.33. The van der Waals surface area contributed by atoms with Crippen molar-refractivity contribution in [2.24, 2.45) is 5.92 Å². The largest absolute Gasteiger partial charge is 0.384 e. The molecule has 5 nitrogen and oxygen atoms in total. The molecule has 2 amide bonds. The number of carbonyl (C=O) groups is 2. The summed E-state index contributed by atoms with van der Waals surface area (Å²) in [5.41, 5.74) is 0.837. The van der Waals surface area contributed by atoms with E-state index in [0.717, 1.165) is 36.5 Å². The molecule has 3 rings (SSSR count). The third kappa shape index (κ3) is 3.87. The first-order valence-corrected chi connectivity index (χ1v) is 8.88. The van der Waals surface area contributed by atoms with Gasteiger partial charge in [-0.1, -0.05) is 12.1 Å². The van der Waals surface area contributed by atoms with Crippen LogP contribution in [0, 0.1) is 5.92 Å². The van der Waals surface area contributed by atoms with Gasteiger partial charge in [-0.05, 0) is 30.9 Å². The van der Waals surface area contributed by atoms with E-state index in [0.29, 0.717) is 12.5 Å². The van der Waals surface area contributed by atoms with Gasteiger partial charge in [0.15, 0.2) is 0 Å². The van der Waals surface area contributed by atoms with Crippen molar-refractivity contribution in [3.8, 4) is 0 Å². The molecule has 0 bridgehead atoms. The van der Waals surface area contributed by atoms with Gasteiger partial charge in [-0.15, -0.1) is 11.8 Å². The topological polar surface area (TPSA) is 58.6 Å². The molecule has 2 aliphatic rings. The third-order valence-electron chi connectivity index (χ3n) is 4.34. The third-order valence-corrected chi connectivity index (χ3v) is 5.62. The van der Waals surface area contributed by atoms with Crippen molar-refractivity contribution in [3.05, 3.63) is 24.3 Å². The highest BCUT2D eigenvalue weighted by Gasteiger charge is 2.31. The molecule has 1 aromatic carbocycles. The Kier molecular flexibility index (Phi) is 5.23. The SMILES string of the molecule is COC[C@@H]1CCCN(C(=O)C[C@@H]2Sc3ccccc3NC2=O)C1. The lowest BCUT2D eigenvalue weighted by molar-refractivity contribution is -0.134. The number of nitrogens with zero attached hydrogens (tertiary/aromatic N) is 1. The molecule has 2 aliphatic heterocycles. The molecule has 0 unspecified atom stereocenters. The average molecular weight is 334 g/mol. The van der Waals surface area contributed by atoms with Crippen LogP contribution in [0.2, 0.25) is 0 Å². The number of hydrogen-bond acceptors (Lipinski definition) is 4. The van der Waals surface area contributed by atoms with Crippen molar-refractivity contribution in [2.75, 3.05) is 32.1 Å². The number of para-hydroxylation sites is 1. The Balaban J connectivity index is 1.60. The molecule has 0 aliphatic carbocycles. The van der Waals surface area contributed by atoms with Gasteiger partial charge in [0.1, 0.15) is 0 Å². The van der Waals surface area contributed by atoms with E-state index >= 15 is 0 Å². The van der Waals surface area contributed by atoms with Crippen LogP contribution in [-0.2, 0) is 14.3 Å². The van der Waals surface area contributed by atoms with Crippen LogP contribution < -0.4 is 5.32 Å². The second-order valence-electron chi connectivity index (χ2n) is 6.10. The molecule has 6 heteroatoms. The number of ether oxygens (including phenoxy) is 1. The quantitative estimate of drug-likeness (QED) is 0.918. The molecule has 124 valence electrons. The van der Waals surface area contributed by atoms with Crippen LogP contribution in [0.15, 0.2) is 29.2 Å². The molecule has 2 heterocycles. The Hall–Kier alpha value is -1.53. The summed E-state index contributed by atoms with van der Waals surface area (Å²) >= 11 is 1.48. The highest BCUT2D eigenvalue weighted by atomic mass is 32.2. The fourth-order valence-electron chi connectivity index (χ4n) is 3.18. The number of benzene rings is 1. The predicted molar refractivity (Wildman–Crippen MR) is 90.5 cm³/mol. The van der Waals surface area contributed by atoms with Gasteiger partial charge in [0.25, 0.3) is 0 Å². The van der Waals surface area contributed by atoms with E-state index in [1.54, 1.807) is 7.11 Å². The summed E-state index contributed by atoms with van der Waals surface area (Å²) in [5, 5.41) is 2.55. The summed E-state index contributed by atoms with van der Waals surface area (Å²) in [6.45, 7) is 2.22. The normalized spacial score (nSPS) is 24.0. The molecule has 1 fully saturated rings. The Labute approximate surface area is 140 Å². The molecule has 0 saturated carbocycles. The van der Waals surface area contributed by atoms with E-state index in [2.05, 4.69) is 5.32 Å². The monoisotopic (exact) mass is 334 g/mol. The van der Waals surface area contributed by atoms with Crippen LogP contribution in [0.4, 0.5) is 5.69 Å². The first-order chi connectivity index (χ1) is 11.2. The number of anilines is 1. The Morgan fingerprint density at radius 3 is 3.09 bits per heavy atom. The van der Waals surface area contributed by atoms with Gasteiger partial charge in [0, 0.05) is 31.5 Å². The minimum atomic E-state index is -0.347. The number of fused-ring (bicyclic) bond motifs is 1. The molecule has 0 aromatic heterocycles. The van der Waals surface area contributed by atoms with Crippen LogP contribution in [0.1, 0.15) is 19.3 Å². The van der Waals surface area contributed by atoms with Crippen LogP contribution >= 0.6 is 11.8 Å². The zero-order valence-electron chi connectivity index (χ0n) is 13.3. The number of piperidine rings is 1. The summed E-state index contributed by atoms with van der Waals surface area (Å²) in [4.78, 5) is 27.7. The number of thioether (sulfide) groups is 1. The second-order valence-corrected chi connectivity index (χ2v) is 7.34. The van der Waals surface area contributed by atoms with Gasteiger partial charge >= 0.3 is 0 Å². The molecule has 1 saturated heterocycles. The average Bonchev–Trinajstić information content (AvgIpc) is 2.56. The zero-order chi connectivity index (χ0) is 16.2. The Morgan fingerprint density at radius 2 is 2.26 bits per heavy atom. The van der Waals surface area contributed by atoms with Gasteiger partial charge < -0.3 is 15.0 Å². The van der Waals surface area contributed by atoms with Gasteiger partial charge in [-0.2, -0.15) is 0 Å². The maximum absolute atomic E-state index is 12.6. The number of rotatable bonds is 4. The van der Waals surface area contributed by atoms with E-state index in [1.165, 1.54) is 11.8 Å². The smallest absolute Gasteiger partial charge is 0.238 e. The lowest BCUT2D eigenvalue weighted by atomic mass is 9.98. The molecule has 0 radical (unpaired) electrons. The number of amides is 2. The van der Waals surface area contributed by atoms with Crippen LogP contribution in [0.3, 0.4) is 0 Å². The molecular formula is C17H22N2O3S. The van der Waals surface area contributed by atoms with E-state index in [-0.39, 0.29) is 23.5 Å². The first-order valence-electron chi connectivity index (χ1n) is 8.00. The van der Waals surface area contributed by atoms with Crippen LogP contribution in [-0.4, -0.2) is 48.8 Å². The van der Waals surface area contributed by atoms with E-state index in [1.807, 2.05) is 29.2 Å². The first kappa shape index (κ1) is 16.3. The summed E-state index contributed by atoms with van der Waals surface area (Å²) in [6.07, 6.45) is 2.36. The molecule has 1 N–H and O–H groups in total. The lowest BCUT2D eigenvalue weighted by Crippen LogP contribution is -2.43. The Morgan fingerprint density at radius 1 is 1.43 bits per heavy atom. The van der Waals surface area contributed by atoms with Gasteiger partial charge in [-0.3, -0.25) is 9.59 Å². The number of carbonyl (C=O) groups excluding carboxylic acids is 2. The van der Waals surface area contributed by atoms with Gasteiger partial charge in [0.05, 0.1) is 17.5 Å². The summed E-state index contributed by atoms with van der Waals surface area (Å²) in [5.74, 6) is 0.400. The molecular weight excluding hydrogens is 312 g/mol. The van der Waals surface area contributed by atoms with Gasteiger partial charge in [-0.25, -0.2) is 0 Å². The number of methoxy groups -OCH3 is 1. The van der Waals surface area contributed by atoms with Crippen LogP contribution in [0.5, 0.6) is 0 Å². The Bertz CT molecular complexity index is 591. The van der Waals surface area contributed by atoms with Crippen molar-refractivity contribution in [1.29, 1.82) is 0 Å². The number of hydrogen-bond donors (Lipinski definition) is 1. The van der Waals surface area contributed by atoms with E-state index in [4.69, 9.17) is 4.74 Å². The summed E-state index contributed by atoms with van der Waals surface area (Å²) in [6, 6.07) is 7.71. The number of nitrogens with one attached hydrogen (secondary N) is 1. The zero-order valence-corrected chi connectivity index (χ0v) is 14.1. The standard InChI is InChI=1S/C17H22N2O3S/c1-22-11-12-5-4-8-19(10-12)16(20)9-15-17(21)18-13-6-2-3-7-14(13)23-15/h2-3,6-7,12,15H,4-5,8-11H2,1H3,(H,18,21)/t12-,15+/m1/s1. The maximum atomic E-state index is 12.6. The molecule has 2 atom stereocenters.